The van der Waals surface area contributed by atoms with E-state index >= 15 is 0 Å². The predicted octanol–water partition coefficient (Wildman–Crippen LogP) is 1.47. The average Bonchev–Trinajstić information content (AvgIpc) is 2.55. The number of fused-ring (bicyclic) bond motifs is 1. The number of piperazine rings is 1. The van der Waals surface area contributed by atoms with Crippen molar-refractivity contribution in [3.63, 3.8) is 0 Å². The second kappa shape index (κ2) is 6.62. The number of aromatic nitrogens is 1. The lowest BCUT2D eigenvalue weighted by Crippen LogP contribution is -2.62. The van der Waals surface area contributed by atoms with Crippen molar-refractivity contribution >= 4 is 11.8 Å². The Morgan fingerprint density at radius 3 is 2.95 bits per heavy atom. The Labute approximate surface area is 130 Å². The summed E-state index contributed by atoms with van der Waals surface area (Å²) < 4.78 is 5.77. The topological polar surface area (TPSA) is 65.9 Å². The number of hydrogen-bond donors (Lipinski definition) is 1. The van der Waals surface area contributed by atoms with E-state index in [1.807, 2.05) is 0 Å². The number of carboxylic acid groups (broad SMARTS) is 1. The minimum Gasteiger partial charge on any atom is -0.478 e. The van der Waals surface area contributed by atoms with Crippen molar-refractivity contribution in [1.82, 2.24) is 9.88 Å². The van der Waals surface area contributed by atoms with Crippen molar-refractivity contribution in [3.05, 3.63) is 23.9 Å². The van der Waals surface area contributed by atoms with Gasteiger partial charge in [0.05, 0.1) is 24.8 Å². The Morgan fingerprint density at radius 2 is 2.27 bits per heavy atom. The molecule has 6 heteroatoms. The molecule has 0 bridgehead atoms. The predicted molar refractivity (Wildman–Crippen MR) is 83.4 cm³/mol. The molecule has 0 amide bonds. The molecule has 2 aliphatic heterocycles. The van der Waals surface area contributed by atoms with E-state index < -0.39 is 5.97 Å². The molecule has 0 unspecified atom stereocenters. The molecule has 0 aliphatic carbocycles. The second-order valence-corrected chi connectivity index (χ2v) is 6.03. The molecule has 1 aromatic heterocycles. The third-order valence-corrected chi connectivity index (χ3v) is 4.56. The first-order valence-electron chi connectivity index (χ1n) is 7.97. The molecular weight excluding hydrogens is 282 g/mol. The Kier molecular flexibility index (Phi) is 4.59. The molecule has 2 fully saturated rings. The fraction of sp³-hybridized carbons (Fsp3) is 0.625. The summed E-state index contributed by atoms with van der Waals surface area (Å²) in [4.78, 5) is 20.0. The maximum Gasteiger partial charge on any atom is 0.337 e. The first kappa shape index (κ1) is 15.2. The lowest BCUT2D eigenvalue weighted by molar-refractivity contribution is -0.0558. The van der Waals surface area contributed by atoms with Crippen LogP contribution in [0.1, 0.15) is 30.1 Å². The van der Waals surface area contributed by atoms with Gasteiger partial charge in [0.1, 0.15) is 5.82 Å². The van der Waals surface area contributed by atoms with Crippen molar-refractivity contribution in [2.75, 3.05) is 37.7 Å². The quantitative estimate of drug-likeness (QED) is 0.909. The lowest BCUT2D eigenvalue weighted by atomic mass is 10.0. The van der Waals surface area contributed by atoms with Gasteiger partial charge >= 0.3 is 5.97 Å². The first-order chi connectivity index (χ1) is 10.7. The van der Waals surface area contributed by atoms with E-state index in [9.17, 15) is 4.79 Å². The molecular formula is C16H23N3O3. The van der Waals surface area contributed by atoms with E-state index in [0.29, 0.717) is 12.1 Å². The number of rotatable bonds is 4. The molecule has 0 radical (unpaired) electrons. The zero-order valence-corrected chi connectivity index (χ0v) is 12.9. The molecule has 1 N–H and O–H groups in total. The van der Waals surface area contributed by atoms with Crippen LogP contribution in [0.15, 0.2) is 18.3 Å². The van der Waals surface area contributed by atoms with Crippen LogP contribution in [0.4, 0.5) is 5.82 Å². The number of morpholine rings is 1. The molecule has 1 aromatic rings. The van der Waals surface area contributed by atoms with Crippen LogP contribution in [-0.2, 0) is 4.74 Å². The number of carbonyl (C=O) groups is 1. The Balaban J connectivity index is 1.67. The molecule has 0 saturated carbocycles. The smallest absolute Gasteiger partial charge is 0.337 e. The third-order valence-electron chi connectivity index (χ3n) is 4.56. The molecule has 22 heavy (non-hydrogen) atoms. The van der Waals surface area contributed by atoms with Gasteiger partial charge in [0, 0.05) is 31.9 Å². The summed E-state index contributed by atoms with van der Waals surface area (Å²) in [7, 11) is 0. The van der Waals surface area contributed by atoms with Gasteiger partial charge < -0.3 is 14.7 Å². The highest BCUT2D eigenvalue weighted by Gasteiger charge is 2.35. The van der Waals surface area contributed by atoms with Crippen LogP contribution in [0.2, 0.25) is 0 Å². The third kappa shape index (κ3) is 3.08. The molecule has 0 aromatic carbocycles. The standard InChI is InChI=1S/C16H23N3O3/c1-2-3-13-10-22-11-14-9-18(6-7-19(13)14)15-5-4-12(8-17-15)16(20)21/h4-5,8,13-14H,2-3,6-7,9-11H2,1H3,(H,20,21)/t13-,14+/m0/s1. The highest BCUT2D eigenvalue weighted by Crippen LogP contribution is 2.24. The fourth-order valence-corrected chi connectivity index (χ4v) is 3.42. The van der Waals surface area contributed by atoms with E-state index in [1.165, 1.54) is 19.0 Å². The highest BCUT2D eigenvalue weighted by atomic mass is 16.5. The Morgan fingerprint density at radius 1 is 1.41 bits per heavy atom. The number of aromatic carboxylic acids is 1. The van der Waals surface area contributed by atoms with Crippen LogP contribution < -0.4 is 4.90 Å². The summed E-state index contributed by atoms with van der Waals surface area (Å²) in [6.07, 6.45) is 3.79. The maximum atomic E-state index is 10.9. The zero-order chi connectivity index (χ0) is 15.5. The second-order valence-electron chi connectivity index (χ2n) is 6.03. The van der Waals surface area contributed by atoms with Crippen LogP contribution in [0.5, 0.6) is 0 Å². The monoisotopic (exact) mass is 305 g/mol. The van der Waals surface area contributed by atoms with Gasteiger partial charge in [-0.1, -0.05) is 13.3 Å². The van der Waals surface area contributed by atoms with Gasteiger partial charge in [-0.15, -0.1) is 0 Å². The number of hydrogen-bond acceptors (Lipinski definition) is 5. The van der Waals surface area contributed by atoms with Crippen molar-refractivity contribution in [3.8, 4) is 0 Å². The summed E-state index contributed by atoms with van der Waals surface area (Å²) >= 11 is 0. The number of pyridine rings is 1. The Hall–Kier alpha value is -1.66. The minimum atomic E-state index is -0.938. The average molecular weight is 305 g/mol. The summed E-state index contributed by atoms with van der Waals surface area (Å²) in [6, 6.07) is 4.36. The molecule has 120 valence electrons. The van der Waals surface area contributed by atoms with Gasteiger partial charge in [-0.05, 0) is 18.6 Å². The highest BCUT2D eigenvalue weighted by molar-refractivity contribution is 5.87. The summed E-state index contributed by atoms with van der Waals surface area (Å²) in [5, 5.41) is 8.94. The van der Waals surface area contributed by atoms with E-state index in [1.54, 1.807) is 12.1 Å². The van der Waals surface area contributed by atoms with Gasteiger partial charge in [0.2, 0.25) is 0 Å². The number of ether oxygens (including phenoxy) is 1. The summed E-state index contributed by atoms with van der Waals surface area (Å²) in [5.74, 6) is -0.0887. The van der Waals surface area contributed by atoms with Gasteiger partial charge in [-0.2, -0.15) is 0 Å². The summed E-state index contributed by atoms with van der Waals surface area (Å²) in [5.41, 5.74) is 0.228. The molecule has 0 spiro atoms. The number of nitrogens with zero attached hydrogens (tertiary/aromatic N) is 3. The zero-order valence-electron chi connectivity index (χ0n) is 12.9. The van der Waals surface area contributed by atoms with Gasteiger partial charge in [-0.3, -0.25) is 4.90 Å². The molecule has 3 rings (SSSR count). The van der Waals surface area contributed by atoms with Gasteiger partial charge in [0.25, 0.3) is 0 Å². The van der Waals surface area contributed by atoms with Crippen LogP contribution >= 0.6 is 0 Å². The number of anilines is 1. The van der Waals surface area contributed by atoms with Crippen LogP contribution in [0.3, 0.4) is 0 Å². The van der Waals surface area contributed by atoms with Crippen LogP contribution in [-0.4, -0.2) is 65.9 Å². The SMILES string of the molecule is CCC[C@H]1COC[C@H]2CN(c3ccc(C(=O)O)cn3)CCN12. The molecule has 2 saturated heterocycles. The largest absolute Gasteiger partial charge is 0.478 e. The lowest BCUT2D eigenvalue weighted by Gasteiger charge is -2.48. The van der Waals surface area contributed by atoms with Gasteiger partial charge in [-0.25, -0.2) is 9.78 Å². The molecule has 6 nitrogen and oxygen atoms in total. The molecule has 2 atom stereocenters. The summed E-state index contributed by atoms with van der Waals surface area (Å²) in [6.45, 7) is 6.66. The van der Waals surface area contributed by atoms with Crippen molar-refractivity contribution in [2.24, 2.45) is 0 Å². The van der Waals surface area contributed by atoms with E-state index in [0.717, 1.165) is 38.7 Å². The first-order valence-corrected chi connectivity index (χ1v) is 7.97. The van der Waals surface area contributed by atoms with E-state index in [-0.39, 0.29) is 5.56 Å². The van der Waals surface area contributed by atoms with E-state index in [4.69, 9.17) is 9.84 Å². The fourth-order valence-electron chi connectivity index (χ4n) is 3.42. The van der Waals surface area contributed by atoms with Crippen LogP contribution in [0, 0.1) is 0 Å². The van der Waals surface area contributed by atoms with Crippen molar-refractivity contribution < 1.29 is 14.6 Å². The normalized spacial score (nSPS) is 25.8. The van der Waals surface area contributed by atoms with Crippen molar-refractivity contribution in [2.45, 2.75) is 31.8 Å². The maximum absolute atomic E-state index is 10.9. The Bertz CT molecular complexity index is 518. The number of carboxylic acids is 1. The molecule has 2 aliphatic rings. The minimum absolute atomic E-state index is 0.228. The van der Waals surface area contributed by atoms with Crippen LogP contribution in [0.25, 0.3) is 0 Å². The van der Waals surface area contributed by atoms with E-state index in [2.05, 4.69) is 21.7 Å². The van der Waals surface area contributed by atoms with Gasteiger partial charge in [0.15, 0.2) is 0 Å². The molecule has 3 heterocycles. The van der Waals surface area contributed by atoms with Crippen molar-refractivity contribution in [1.29, 1.82) is 0 Å².